The minimum atomic E-state index is 0.678. The molecule has 3 rings (SSSR count). The van der Waals surface area contributed by atoms with E-state index in [1.54, 1.807) is 0 Å². The lowest BCUT2D eigenvalue weighted by Crippen LogP contribution is -2.40. The van der Waals surface area contributed by atoms with E-state index in [9.17, 15) is 0 Å². The van der Waals surface area contributed by atoms with E-state index in [0.29, 0.717) is 5.92 Å². The second-order valence-corrected chi connectivity index (χ2v) is 6.69. The zero-order chi connectivity index (χ0) is 13.1. The Morgan fingerprint density at radius 3 is 2.58 bits per heavy atom. The number of rotatable bonds is 5. The van der Waals surface area contributed by atoms with Crippen LogP contribution in [-0.4, -0.2) is 12.6 Å². The van der Waals surface area contributed by atoms with E-state index in [2.05, 4.69) is 17.4 Å². The van der Waals surface area contributed by atoms with Gasteiger partial charge in [-0.15, -0.1) is 0 Å². The van der Waals surface area contributed by atoms with Crippen molar-refractivity contribution in [1.82, 2.24) is 5.32 Å². The summed E-state index contributed by atoms with van der Waals surface area (Å²) in [4.78, 5) is 0. The molecule has 1 aromatic rings. The Bertz CT molecular complexity index is 405. The third kappa shape index (κ3) is 3.32. The van der Waals surface area contributed by atoms with Gasteiger partial charge in [0.25, 0.3) is 0 Å². The van der Waals surface area contributed by atoms with Gasteiger partial charge in [-0.05, 0) is 49.3 Å². The van der Waals surface area contributed by atoms with Crippen LogP contribution in [0.2, 0.25) is 5.02 Å². The summed E-state index contributed by atoms with van der Waals surface area (Å²) in [6.07, 6.45) is 9.75. The summed E-state index contributed by atoms with van der Waals surface area (Å²) in [5.41, 5.74) is 1.35. The van der Waals surface area contributed by atoms with Crippen LogP contribution in [0.25, 0.3) is 0 Å². The van der Waals surface area contributed by atoms with Gasteiger partial charge in [0.15, 0.2) is 0 Å². The number of halogens is 1. The first-order chi connectivity index (χ1) is 9.33. The zero-order valence-electron chi connectivity index (χ0n) is 11.6. The monoisotopic (exact) mass is 277 g/mol. The maximum absolute atomic E-state index is 6.25. The molecule has 104 valence electrons. The molecule has 0 spiro atoms. The average Bonchev–Trinajstić information content (AvgIpc) is 2.87. The Morgan fingerprint density at radius 2 is 1.84 bits per heavy atom. The highest BCUT2D eigenvalue weighted by Crippen LogP contribution is 2.40. The van der Waals surface area contributed by atoms with Crippen molar-refractivity contribution in [3.05, 3.63) is 34.9 Å². The highest BCUT2D eigenvalue weighted by molar-refractivity contribution is 6.31. The molecule has 1 N–H and O–H groups in total. The minimum Gasteiger partial charge on any atom is -0.314 e. The van der Waals surface area contributed by atoms with Crippen molar-refractivity contribution in [2.24, 2.45) is 5.92 Å². The van der Waals surface area contributed by atoms with Crippen LogP contribution in [-0.2, 0) is 0 Å². The lowest BCUT2D eigenvalue weighted by Gasteiger charge is -2.37. The van der Waals surface area contributed by atoms with Crippen LogP contribution in [0.4, 0.5) is 0 Å². The van der Waals surface area contributed by atoms with Gasteiger partial charge in [0.1, 0.15) is 0 Å². The first-order valence-corrected chi connectivity index (χ1v) is 8.18. The molecule has 2 aliphatic rings. The van der Waals surface area contributed by atoms with Crippen LogP contribution in [0.15, 0.2) is 24.3 Å². The third-order valence-corrected chi connectivity index (χ3v) is 5.29. The molecule has 0 saturated heterocycles. The Balaban J connectivity index is 1.37. The number of hydrogen-bond acceptors (Lipinski definition) is 1. The number of benzene rings is 1. The van der Waals surface area contributed by atoms with E-state index < -0.39 is 0 Å². The van der Waals surface area contributed by atoms with Crippen LogP contribution in [0.1, 0.15) is 56.4 Å². The van der Waals surface area contributed by atoms with E-state index in [-0.39, 0.29) is 0 Å². The van der Waals surface area contributed by atoms with E-state index in [4.69, 9.17) is 11.6 Å². The standard InChI is InChI=1S/C17H24ClN/c18-17-8-4-3-7-16(17)14-11-15(12-14)19-10-9-13-5-1-2-6-13/h3-4,7-8,13-15,19H,1-2,5-6,9-12H2. The van der Waals surface area contributed by atoms with Gasteiger partial charge < -0.3 is 5.32 Å². The Morgan fingerprint density at radius 1 is 1.11 bits per heavy atom. The zero-order valence-corrected chi connectivity index (χ0v) is 12.3. The molecule has 2 saturated carbocycles. The highest BCUT2D eigenvalue weighted by atomic mass is 35.5. The molecule has 2 fully saturated rings. The van der Waals surface area contributed by atoms with Crippen molar-refractivity contribution in [2.45, 2.75) is 56.9 Å². The number of hydrogen-bond donors (Lipinski definition) is 1. The second kappa shape index (κ2) is 6.28. The molecular weight excluding hydrogens is 254 g/mol. The van der Waals surface area contributed by atoms with E-state index in [1.807, 2.05) is 12.1 Å². The van der Waals surface area contributed by atoms with Gasteiger partial charge in [-0.25, -0.2) is 0 Å². The topological polar surface area (TPSA) is 12.0 Å². The average molecular weight is 278 g/mol. The molecule has 0 amide bonds. The molecule has 2 heteroatoms. The molecule has 1 nitrogen and oxygen atoms in total. The molecule has 0 heterocycles. The minimum absolute atomic E-state index is 0.678. The molecule has 2 aliphatic carbocycles. The maximum atomic E-state index is 6.25. The molecule has 0 aliphatic heterocycles. The van der Waals surface area contributed by atoms with E-state index >= 15 is 0 Å². The molecule has 0 unspecified atom stereocenters. The Hall–Kier alpha value is -0.530. The third-order valence-electron chi connectivity index (χ3n) is 4.94. The number of nitrogens with one attached hydrogen (secondary N) is 1. The first-order valence-electron chi connectivity index (χ1n) is 7.80. The second-order valence-electron chi connectivity index (χ2n) is 6.28. The highest BCUT2D eigenvalue weighted by Gasteiger charge is 2.31. The normalized spacial score (nSPS) is 27.4. The summed E-state index contributed by atoms with van der Waals surface area (Å²) in [5, 5.41) is 4.66. The Kier molecular flexibility index (Phi) is 4.45. The molecule has 0 atom stereocenters. The summed E-state index contributed by atoms with van der Waals surface area (Å²) in [5.74, 6) is 1.68. The van der Waals surface area contributed by atoms with E-state index in [0.717, 1.165) is 17.0 Å². The van der Waals surface area contributed by atoms with Crippen molar-refractivity contribution in [2.75, 3.05) is 6.54 Å². The molecule has 19 heavy (non-hydrogen) atoms. The fourth-order valence-corrected chi connectivity index (χ4v) is 3.93. The smallest absolute Gasteiger partial charge is 0.0440 e. The SMILES string of the molecule is Clc1ccccc1C1CC(NCCC2CCCC2)C1. The van der Waals surface area contributed by atoms with Crippen molar-refractivity contribution >= 4 is 11.6 Å². The first kappa shape index (κ1) is 13.5. The summed E-state index contributed by atoms with van der Waals surface area (Å²) < 4.78 is 0. The van der Waals surface area contributed by atoms with Crippen LogP contribution < -0.4 is 5.32 Å². The molecule has 0 aromatic heterocycles. The van der Waals surface area contributed by atoms with Crippen LogP contribution in [0.3, 0.4) is 0 Å². The summed E-state index contributed by atoms with van der Waals surface area (Å²) >= 11 is 6.25. The fourth-order valence-electron chi connectivity index (χ4n) is 3.64. The van der Waals surface area contributed by atoms with Crippen molar-refractivity contribution in [1.29, 1.82) is 0 Å². The van der Waals surface area contributed by atoms with Gasteiger partial charge in [0.2, 0.25) is 0 Å². The summed E-state index contributed by atoms with van der Waals surface area (Å²) in [7, 11) is 0. The molecular formula is C17H24ClN. The summed E-state index contributed by atoms with van der Waals surface area (Å²) in [6, 6.07) is 9.03. The fraction of sp³-hybridized carbons (Fsp3) is 0.647. The molecule has 1 aromatic carbocycles. The van der Waals surface area contributed by atoms with Crippen LogP contribution >= 0.6 is 11.6 Å². The predicted molar refractivity (Wildman–Crippen MR) is 81.8 cm³/mol. The van der Waals surface area contributed by atoms with Crippen LogP contribution in [0, 0.1) is 5.92 Å². The molecule has 0 radical (unpaired) electrons. The van der Waals surface area contributed by atoms with Crippen LogP contribution in [0.5, 0.6) is 0 Å². The molecule has 0 bridgehead atoms. The maximum Gasteiger partial charge on any atom is 0.0440 e. The van der Waals surface area contributed by atoms with Crippen molar-refractivity contribution in [3.63, 3.8) is 0 Å². The van der Waals surface area contributed by atoms with Gasteiger partial charge in [0.05, 0.1) is 0 Å². The van der Waals surface area contributed by atoms with Crippen molar-refractivity contribution < 1.29 is 0 Å². The van der Waals surface area contributed by atoms with Gasteiger partial charge in [-0.3, -0.25) is 0 Å². The predicted octanol–water partition coefficient (Wildman–Crippen LogP) is 4.76. The Labute approximate surface area is 121 Å². The van der Waals surface area contributed by atoms with Gasteiger partial charge in [-0.1, -0.05) is 55.5 Å². The lowest BCUT2D eigenvalue weighted by atomic mass is 9.76. The van der Waals surface area contributed by atoms with Gasteiger partial charge in [0, 0.05) is 11.1 Å². The van der Waals surface area contributed by atoms with Crippen molar-refractivity contribution in [3.8, 4) is 0 Å². The lowest BCUT2D eigenvalue weighted by molar-refractivity contribution is 0.284. The van der Waals surface area contributed by atoms with E-state index in [1.165, 1.54) is 57.1 Å². The summed E-state index contributed by atoms with van der Waals surface area (Å²) in [6.45, 7) is 1.21. The van der Waals surface area contributed by atoms with Gasteiger partial charge >= 0.3 is 0 Å². The van der Waals surface area contributed by atoms with Gasteiger partial charge in [-0.2, -0.15) is 0 Å². The largest absolute Gasteiger partial charge is 0.314 e. The quantitative estimate of drug-likeness (QED) is 0.818.